The highest BCUT2D eigenvalue weighted by Gasteiger charge is 1.91. The largest absolute Gasteiger partial charge is 0.317 e. The van der Waals surface area contributed by atoms with Crippen molar-refractivity contribution in [2.24, 2.45) is 0 Å². The van der Waals surface area contributed by atoms with Gasteiger partial charge in [-0.05, 0) is 38.8 Å². The molecule has 0 fully saturated rings. The molecule has 0 saturated carbocycles. The minimum absolute atomic E-state index is 1.19. The van der Waals surface area contributed by atoms with E-state index < -0.39 is 0 Å². The first-order valence-corrected chi connectivity index (χ1v) is 8.77. The Morgan fingerprint density at radius 2 is 1.11 bits per heavy atom. The molecule has 19 heavy (non-hydrogen) atoms. The monoisotopic (exact) mass is 267 g/mol. The molecule has 0 radical (unpaired) electrons. The molecule has 0 unspecified atom stereocenters. The van der Waals surface area contributed by atoms with Gasteiger partial charge in [0.2, 0.25) is 0 Å². The third kappa shape index (κ3) is 17.7. The van der Waals surface area contributed by atoms with E-state index in [1.807, 2.05) is 0 Å². The Balaban J connectivity index is 2.97. The summed E-state index contributed by atoms with van der Waals surface area (Å²) in [5.41, 5.74) is 0. The highest BCUT2D eigenvalue weighted by atomic mass is 14.8. The maximum absolute atomic E-state index is 3.56. The molecule has 0 aliphatic carbocycles. The van der Waals surface area contributed by atoms with Crippen LogP contribution >= 0.6 is 0 Å². The fourth-order valence-electron chi connectivity index (χ4n) is 2.23. The smallest absolute Gasteiger partial charge is 0.00460 e. The molecule has 0 atom stereocenters. The first-order chi connectivity index (χ1) is 9.41. The van der Waals surface area contributed by atoms with Gasteiger partial charge < -0.3 is 5.32 Å². The topological polar surface area (TPSA) is 12.0 Å². The van der Waals surface area contributed by atoms with Crippen LogP contribution in [0.4, 0.5) is 0 Å². The third-order valence-corrected chi connectivity index (χ3v) is 3.57. The number of nitrogens with one attached hydrogen (secondary N) is 1. The Labute approximate surface area is 122 Å². The van der Waals surface area contributed by atoms with Crippen molar-refractivity contribution in [1.82, 2.24) is 5.32 Å². The fourth-order valence-corrected chi connectivity index (χ4v) is 2.23. The van der Waals surface area contributed by atoms with Crippen molar-refractivity contribution in [1.29, 1.82) is 0 Å². The maximum Gasteiger partial charge on any atom is -0.00460 e. The van der Waals surface area contributed by atoms with Crippen LogP contribution in [0.5, 0.6) is 0 Å². The predicted molar refractivity (Wildman–Crippen MR) is 88.8 cm³/mol. The van der Waals surface area contributed by atoms with Gasteiger partial charge in [-0.1, -0.05) is 77.4 Å². The average Bonchev–Trinajstić information content (AvgIpc) is 2.43. The normalized spacial score (nSPS) is 11.5. The molecular formula is C18H37N. The molecule has 0 aromatic carbocycles. The summed E-state index contributed by atoms with van der Waals surface area (Å²) in [7, 11) is 0. The number of unbranched alkanes of at least 4 members (excludes halogenated alkanes) is 9. The van der Waals surface area contributed by atoms with E-state index in [2.05, 4.69) is 31.3 Å². The summed E-state index contributed by atoms with van der Waals surface area (Å²) in [4.78, 5) is 0. The maximum atomic E-state index is 3.56. The van der Waals surface area contributed by atoms with Gasteiger partial charge in [-0.3, -0.25) is 0 Å². The van der Waals surface area contributed by atoms with Gasteiger partial charge in [0.25, 0.3) is 0 Å². The average molecular weight is 268 g/mol. The van der Waals surface area contributed by atoms with Gasteiger partial charge in [0.15, 0.2) is 0 Å². The van der Waals surface area contributed by atoms with Gasteiger partial charge in [0, 0.05) is 0 Å². The standard InChI is InChI=1S/C18H37N/c1-3-5-7-9-11-13-15-17-19-18-16-14-12-10-8-6-4-2/h9,11,19H,3-8,10,12-18H2,1-2H3/b11-9+. The van der Waals surface area contributed by atoms with Crippen molar-refractivity contribution in [3.8, 4) is 0 Å². The van der Waals surface area contributed by atoms with E-state index in [-0.39, 0.29) is 0 Å². The predicted octanol–water partition coefficient (Wildman–Crippen LogP) is 5.85. The van der Waals surface area contributed by atoms with Crippen LogP contribution in [-0.2, 0) is 0 Å². The lowest BCUT2D eigenvalue weighted by molar-refractivity contribution is 0.558. The summed E-state index contributed by atoms with van der Waals surface area (Å²) in [6, 6.07) is 0. The Hall–Kier alpha value is -0.300. The molecule has 1 heteroatoms. The molecule has 0 bridgehead atoms. The van der Waals surface area contributed by atoms with E-state index in [4.69, 9.17) is 0 Å². The summed E-state index contributed by atoms with van der Waals surface area (Å²) in [6.07, 6.45) is 21.0. The van der Waals surface area contributed by atoms with Gasteiger partial charge in [0.1, 0.15) is 0 Å². The van der Waals surface area contributed by atoms with Crippen LogP contribution in [0, 0.1) is 0 Å². The lowest BCUT2D eigenvalue weighted by Gasteiger charge is -2.03. The molecule has 114 valence electrons. The molecular weight excluding hydrogens is 230 g/mol. The molecule has 0 rings (SSSR count). The molecule has 0 aliphatic rings. The molecule has 0 spiro atoms. The fraction of sp³-hybridized carbons (Fsp3) is 0.889. The summed E-state index contributed by atoms with van der Waals surface area (Å²) >= 11 is 0. The van der Waals surface area contributed by atoms with Crippen molar-refractivity contribution in [2.75, 3.05) is 13.1 Å². The molecule has 0 amide bonds. The second kappa shape index (κ2) is 17.7. The van der Waals surface area contributed by atoms with Crippen LogP contribution in [0.2, 0.25) is 0 Å². The van der Waals surface area contributed by atoms with E-state index in [0.29, 0.717) is 0 Å². The third-order valence-electron chi connectivity index (χ3n) is 3.57. The second-order valence-electron chi connectivity index (χ2n) is 5.63. The van der Waals surface area contributed by atoms with Crippen molar-refractivity contribution < 1.29 is 0 Å². The Bertz CT molecular complexity index is 175. The van der Waals surface area contributed by atoms with E-state index >= 15 is 0 Å². The molecule has 1 N–H and O–H groups in total. The first kappa shape index (κ1) is 18.7. The van der Waals surface area contributed by atoms with Crippen LogP contribution in [0.15, 0.2) is 12.2 Å². The zero-order valence-electron chi connectivity index (χ0n) is 13.6. The lowest BCUT2D eigenvalue weighted by atomic mass is 10.1. The number of hydrogen-bond acceptors (Lipinski definition) is 1. The SMILES string of the molecule is CCCC/C=C/CCCNCCCCCCCCC. The van der Waals surface area contributed by atoms with E-state index in [1.54, 1.807) is 0 Å². The molecule has 0 aromatic heterocycles. The van der Waals surface area contributed by atoms with Gasteiger partial charge in [-0.2, -0.15) is 0 Å². The zero-order chi connectivity index (χ0) is 14.0. The molecule has 0 aliphatic heterocycles. The summed E-state index contributed by atoms with van der Waals surface area (Å²) in [5.74, 6) is 0. The minimum atomic E-state index is 1.19. The number of rotatable bonds is 15. The van der Waals surface area contributed by atoms with Gasteiger partial charge in [-0.15, -0.1) is 0 Å². The number of allylic oxidation sites excluding steroid dienone is 2. The summed E-state index contributed by atoms with van der Waals surface area (Å²) < 4.78 is 0. The van der Waals surface area contributed by atoms with Gasteiger partial charge in [0.05, 0.1) is 0 Å². The van der Waals surface area contributed by atoms with Crippen molar-refractivity contribution >= 4 is 0 Å². The molecule has 0 heterocycles. The van der Waals surface area contributed by atoms with E-state index in [9.17, 15) is 0 Å². The van der Waals surface area contributed by atoms with Crippen molar-refractivity contribution in [2.45, 2.75) is 90.9 Å². The van der Waals surface area contributed by atoms with Gasteiger partial charge in [-0.25, -0.2) is 0 Å². The van der Waals surface area contributed by atoms with Crippen molar-refractivity contribution in [3.05, 3.63) is 12.2 Å². The Morgan fingerprint density at radius 3 is 1.79 bits per heavy atom. The minimum Gasteiger partial charge on any atom is -0.317 e. The lowest BCUT2D eigenvalue weighted by Crippen LogP contribution is -2.16. The van der Waals surface area contributed by atoms with Crippen molar-refractivity contribution in [3.63, 3.8) is 0 Å². The van der Waals surface area contributed by atoms with Crippen LogP contribution in [0.1, 0.15) is 90.9 Å². The number of hydrogen-bond donors (Lipinski definition) is 1. The summed E-state index contributed by atoms with van der Waals surface area (Å²) in [5, 5.41) is 3.56. The highest BCUT2D eigenvalue weighted by molar-refractivity contribution is 4.81. The van der Waals surface area contributed by atoms with Crippen LogP contribution in [-0.4, -0.2) is 13.1 Å². The van der Waals surface area contributed by atoms with E-state index in [1.165, 1.54) is 90.1 Å². The van der Waals surface area contributed by atoms with Crippen LogP contribution in [0.25, 0.3) is 0 Å². The molecule has 1 nitrogen and oxygen atoms in total. The summed E-state index contributed by atoms with van der Waals surface area (Å²) in [6.45, 7) is 6.94. The second-order valence-corrected chi connectivity index (χ2v) is 5.63. The molecule has 0 aromatic rings. The first-order valence-electron chi connectivity index (χ1n) is 8.77. The zero-order valence-corrected chi connectivity index (χ0v) is 13.6. The van der Waals surface area contributed by atoms with Crippen LogP contribution < -0.4 is 5.32 Å². The molecule has 0 saturated heterocycles. The van der Waals surface area contributed by atoms with Crippen LogP contribution in [0.3, 0.4) is 0 Å². The van der Waals surface area contributed by atoms with Gasteiger partial charge >= 0.3 is 0 Å². The van der Waals surface area contributed by atoms with E-state index in [0.717, 1.165) is 0 Å². The quantitative estimate of drug-likeness (QED) is 0.290. The Morgan fingerprint density at radius 1 is 0.579 bits per heavy atom. The Kier molecular flexibility index (Phi) is 17.4. The highest BCUT2D eigenvalue weighted by Crippen LogP contribution is 2.06.